The van der Waals surface area contributed by atoms with Gasteiger partial charge in [0.15, 0.2) is 0 Å². The van der Waals surface area contributed by atoms with Gasteiger partial charge < -0.3 is 15.0 Å². The Morgan fingerprint density at radius 2 is 1.81 bits per heavy atom. The molecule has 4 nitrogen and oxygen atoms in total. The molecule has 1 saturated heterocycles. The maximum atomic E-state index is 12.1. The van der Waals surface area contributed by atoms with Crippen LogP contribution in [0.2, 0.25) is 15.1 Å². The lowest BCUT2D eigenvalue weighted by Gasteiger charge is -2.29. The van der Waals surface area contributed by atoms with Crippen molar-refractivity contribution in [3.63, 3.8) is 0 Å². The summed E-state index contributed by atoms with van der Waals surface area (Å²) in [5, 5.41) is 4.42. The molecule has 0 atom stereocenters. The van der Waals surface area contributed by atoms with Crippen LogP contribution in [-0.2, 0) is 9.53 Å². The molecule has 0 saturated carbocycles. The molecule has 0 radical (unpaired) electrons. The normalized spacial score (nSPS) is 14.7. The van der Waals surface area contributed by atoms with Crippen molar-refractivity contribution < 1.29 is 9.53 Å². The molecule has 2 aromatic rings. The van der Waals surface area contributed by atoms with E-state index in [1.165, 1.54) is 6.08 Å². The van der Waals surface area contributed by atoms with E-state index in [0.717, 1.165) is 18.8 Å². The van der Waals surface area contributed by atoms with Gasteiger partial charge in [0.2, 0.25) is 5.91 Å². The number of carbonyl (C=O) groups excluding carboxylic acids is 1. The van der Waals surface area contributed by atoms with Gasteiger partial charge in [-0.15, -0.1) is 0 Å². The third-order valence-corrected chi connectivity index (χ3v) is 4.81. The Bertz CT molecular complexity index is 834. The lowest BCUT2D eigenvalue weighted by molar-refractivity contribution is -0.111. The third kappa shape index (κ3) is 4.92. The molecular formula is C19H17Cl3N2O2. The van der Waals surface area contributed by atoms with Gasteiger partial charge in [-0.1, -0.05) is 40.9 Å². The van der Waals surface area contributed by atoms with E-state index in [1.54, 1.807) is 30.3 Å². The molecule has 1 aliphatic heterocycles. The van der Waals surface area contributed by atoms with Gasteiger partial charge in [0, 0.05) is 34.9 Å². The Morgan fingerprint density at radius 1 is 1.04 bits per heavy atom. The van der Waals surface area contributed by atoms with Crippen molar-refractivity contribution in [2.45, 2.75) is 0 Å². The molecule has 7 heteroatoms. The van der Waals surface area contributed by atoms with Crippen molar-refractivity contribution in [1.29, 1.82) is 0 Å². The van der Waals surface area contributed by atoms with E-state index in [2.05, 4.69) is 10.2 Å². The number of halogens is 3. The fourth-order valence-corrected chi connectivity index (χ4v) is 3.40. The van der Waals surface area contributed by atoms with Crippen LogP contribution in [0.25, 0.3) is 6.08 Å². The Kier molecular flexibility index (Phi) is 6.43. The molecule has 1 amide bonds. The molecule has 0 bridgehead atoms. The van der Waals surface area contributed by atoms with Crippen LogP contribution < -0.4 is 10.2 Å². The molecular weight excluding hydrogens is 395 g/mol. The van der Waals surface area contributed by atoms with Crippen LogP contribution in [0.15, 0.2) is 42.5 Å². The van der Waals surface area contributed by atoms with E-state index in [0.29, 0.717) is 39.5 Å². The molecule has 1 aliphatic rings. The standard InChI is InChI=1S/C19H17Cl3N2O2/c20-14-3-1-13(16(21)11-14)2-6-19(25)23-15-4-5-18(17(22)12-15)24-7-9-26-10-8-24/h1-6,11-12H,7-10H2,(H,23,25)/b6-2-. The van der Waals surface area contributed by atoms with Gasteiger partial charge in [0.1, 0.15) is 0 Å². The molecule has 136 valence electrons. The maximum Gasteiger partial charge on any atom is 0.248 e. The van der Waals surface area contributed by atoms with E-state index < -0.39 is 0 Å². The first kappa shape index (κ1) is 19.1. The average molecular weight is 412 g/mol. The zero-order chi connectivity index (χ0) is 18.5. The second-order valence-corrected chi connectivity index (χ2v) is 7.00. The molecule has 1 heterocycles. The number of ether oxygens (including phenoxy) is 1. The molecule has 26 heavy (non-hydrogen) atoms. The minimum absolute atomic E-state index is 0.272. The van der Waals surface area contributed by atoms with Crippen LogP contribution in [0.1, 0.15) is 5.56 Å². The average Bonchev–Trinajstić information content (AvgIpc) is 2.62. The molecule has 0 spiro atoms. The summed E-state index contributed by atoms with van der Waals surface area (Å²) in [6.07, 6.45) is 3.05. The molecule has 0 aromatic heterocycles. The van der Waals surface area contributed by atoms with Gasteiger partial charge in [-0.25, -0.2) is 0 Å². The SMILES string of the molecule is O=C(/C=C\c1ccc(Cl)cc1Cl)Nc1ccc(N2CCOCC2)c(Cl)c1. The van der Waals surface area contributed by atoms with Gasteiger partial charge in [-0.3, -0.25) is 4.79 Å². The van der Waals surface area contributed by atoms with Crippen LogP contribution in [-0.4, -0.2) is 32.2 Å². The number of hydrogen-bond acceptors (Lipinski definition) is 3. The predicted molar refractivity (Wildman–Crippen MR) is 109 cm³/mol. The quantitative estimate of drug-likeness (QED) is 0.709. The van der Waals surface area contributed by atoms with Crippen molar-refractivity contribution in [3.8, 4) is 0 Å². The smallest absolute Gasteiger partial charge is 0.248 e. The van der Waals surface area contributed by atoms with E-state index >= 15 is 0 Å². The number of benzene rings is 2. The number of carbonyl (C=O) groups is 1. The Hall–Kier alpha value is -1.72. The van der Waals surface area contributed by atoms with Gasteiger partial charge in [0.25, 0.3) is 0 Å². The molecule has 0 aliphatic carbocycles. The third-order valence-electron chi connectivity index (χ3n) is 3.94. The summed E-state index contributed by atoms with van der Waals surface area (Å²) in [6, 6.07) is 10.6. The molecule has 0 unspecified atom stereocenters. The molecule has 1 fully saturated rings. The zero-order valence-corrected chi connectivity index (χ0v) is 16.1. The second kappa shape index (κ2) is 8.78. The number of nitrogens with zero attached hydrogens (tertiary/aromatic N) is 1. The van der Waals surface area contributed by atoms with Crippen LogP contribution in [0.4, 0.5) is 11.4 Å². The number of amides is 1. The monoisotopic (exact) mass is 410 g/mol. The van der Waals surface area contributed by atoms with Gasteiger partial charge >= 0.3 is 0 Å². The van der Waals surface area contributed by atoms with Crippen molar-refractivity contribution in [2.75, 3.05) is 36.5 Å². The fourth-order valence-electron chi connectivity index (χ4n) is 2.63. The highest BCUT2D eigenvalue weighted by Crippen LogP contribution is 2.29. The molecule has 3 rings (SSSR count). The topological polar surface area (TPSA) is 41.6 Å². The van der Waals surface area contributed by atoms with Crippen molar-refractivity contribution in [2.24, 2.45) is 0 Å². The van der Waals surface area contributed by atoms with Gasteiger partial charge in [-0.2, -0.15) is 0 Å². The van der Waals surface area contributed by atoms with E-state index in [1.807, 2.05) is 12.1 Å². The van der Waals surface area contributed by atoms with Gasteiger partial charge in [0.05, 0.1) is 23.9 Å². The summed E-state index contributed by atoms with van der Waals surface area (Å²) in [5.41, 5.74) is 2.28. The van der Waals surface area contributed by atoms with Crippen molar-refractivity contribution >= 4 is 58.2 Å². The lowest BCUT2D eigenvalue weighted by Crippen LogP contribution is -2.36. The summed E-state index contributed by atoms with van der Waals surface area (Å²) >= 11 is 18.3. The summed E-state index contributed by atoms with van der Waals surface area (Å²) in [7, 11) is 0. The Morgan fingerprint density at radius 3 is 2.50 bits per heavy atom. The first-order valence-electron chi connectivity index (χ1n) is 8.09. The van der Waals surface area contributed by atoms with E-state index in [4.69, 9.17) is 39.5 Å². The highest BCUT2D eigenvalue weighted by molar-refractivity contribution is 6.35. The molecule has 2 aromatic carbocycles. The largest absolute Gasteiger partial charge is 0.378 e. The maximum absolute atomic E-state index is 12.1. The summed E-state index contributed by atoms with van der Waals surface area (Å²) in [4.78, 5) is 14.3. The number of anilines is 2. The highest BCUT2D eigenvalue weighted by atomic mass is 35.5. The number of rotatable bonds is 4. The fraction of sp³-hybridized carbons (Fsp3) is 0.211. The van der Waals surface area contributed by atoms with Crippen LogP contribution in [0.3, 0.4) is 0 Å². The van der Waals surface area contributed by atoms with Crippen molar-refractivity contribution in [3.05, 3.63) is 63.1 Å². The van der Waals surface area contributed by atoms with Crippen LogP contribution in [0.5, 0.6) is 0 Å². The Balaban J connectivity index is 1.65. The lowest BCUT2D eigenvalue weighted by atomic mass is 10.2. The summed E-state index contributed by atoms with van der Waals surface area (Å²) < 4.78 is 5.35. The minimum Gasteiger partial charge on any atom is -0.378 e. The minimum atomic E-state index is -0.272. The number of hydrogen-bond donors (Lipinski definition) is 1. The first-order chi connectivity index (χ1) is 12.5. The number of morpholine rings is 1. The number of nitrogens with one attached hydrogen (secondary N) is 1. The predicted octanol–water partition coefficient (Wildman–Crippen LogP) is 5.14. The summed E-state index contributed by atoms with van der Waals surface area (Å²) in [5.74, 6) is -0.272. The van der Waals surface area contributed by atoms with Crippen LogP contribution >= 0.6 is 34.8 Å². The highest BCUT2D eigenvalue weighted by Gasteiger charge is 2.14. The van der Waals surface area contributed by atoms with E-state index in [-0.39, 0.29) is 5.91 Å². The summed E-state index contributed by atoms with van der Waals surface area (Å²) in [6.45, 7) is 2.98. The second-order valence-electron chi connectivity index (χ2n) is 5.75. The molecule has 1 N–H and O–H groups in total. The first-order valence-corrected chi connectivity index (χ1v) is 9.23. The van der Waals surface area contributed by atoms with Gasteiger partial charge in [-0.05, 0) is 42.0 Å². The van der Waals surface area contributed by atoms with E-state index in [9.17, 15) is 4.79 Å². The Labute approximate surface area is 167 Å². The van der Waals surface area contributed by atoms with Crippen molar-refractivity contribution in [1.82, 2.24) is 0 Å². The zero-order valence-electron chi connectivity index (χ0n) is 13.8. The van der Waals surface area contributed by atoms with Crippen LogP contribution in [0, 0.1) is 0 Å².